The summed E-state index contributed by atoms with van der Waals surface area (Å²) >= 11 is 9.40. The number of pyridine rings is 1. The molecule has 4 heteroatoms. The summed E-state index contributed by atoms with van der Waals surface area (Å²) in [6.07, 6.45) is 6.66. The Balaban J connectivity index is 2.48. The summed E-state index contributed by atoms with van der Waals surface area (Å²) in [5.41, 5.74) is 0.903. The standard InChI is InChI=1S/C12H18BrClN2/c1-3-4-5-6-9(2)16-11-7-10(13)8-15-12(11)14/h7-9,16H,3-6H2,1-2H3. The third-order valence-corrected chi connectivity index (χ3v) is 3.18. The predicted octanol–water partition coefficient (Wildman–Crippen LogP) is 4.88. The van der Waals surface area contributed by atoms with Crippen molar-refractivity contribution >= 4 is 33.2 Å². The van der Waals surface area contributed by atoms with Crippen molar-refractivity contribution in [2.75, 3.05) is 5.32 Å². The van der Waals surface area contributed by atoms with E-state index in [1.54, 1.807) is 6.20 Å². The number of hydrogen-bond donors (Lipinski definition) is 1. The maximum absolute atomic E-state index is 6.01. The van der Waals surface area contributed by atoms with Crippen LogP contribution >= 0.6 is 27.5 Å². The lowest BCUT2D eigenvalue weighted by Gasteiger charge is -2.15. The molecular weight excluding hydrogens is 288 g/mol. The summed E-state index contributed by atoms with van der Waals surface area (Å²) in [7, 11) is 0. The van der Waals surface area contributed by atoms with Crippen LogP contribution in [0.3, 0.4) is 0 Å². The molecule has 0 saturated heterocycles. The van der Waals surface area contributed by atoms with E-state index in [0.29, 0.717) is 11.2 Å². The van der Waals surface area contributed by atoms with Crippen LogP contribution in [-0.2, 0) is 0 Å². The highest BCUT2D eigenvalue weighted by Crippen LogP contribution is 2.24. The molecule has 0 radical (unpaired) electrons. The van der Waals surface area contributed by atoms with Gasteiger partial charge >= 0.3 is 0 Å². The van der Waals surface area contributed by atoms with Gasteiger partial charge in [0, 0.05) is 16.7 Å². The van der Waals surface area contributed by atoms with Gasteiger partial charge < -0.3 is 5.32 Å². The minimum Gasteiger partial charge on any atom is -0.380 e. The molecule has 16 heavy (non-hydrogen) atoms. The topological polar surface area (TPSA) is 24.9 Å². The van der Waals surface area contributed by atoms with E-state index in [-0.39, 0.29) is 0 Å². The van der Waals surface area contributed by atoms with Gasteiger partial charge in [0.1, 0.15) is 0 Å². The maximum Gasteiger partial charge on any atom is 0.152 e. The van der Waals surface area contributed by atoms with Crippen LogP contribution in [0.2, 0.25) is 5.15 Å². The molecule has 2 nitrogen and oxygen atoms in total. The number of hydrogen-bond acceptors (Lipinski definition) is 2. The molecule has 90 valence electrons. The molecule has 1 aromatic heterocycles. The molecule has 1 rings (SSSR count). The van der Waals surface area contributed by atoms with Gasteiger partial charge in [0.2, 0.25) is 0 Å². The van der Waals surface area contributed by atoms with E-state index < -0.39 is 0 Å². The fourth-order valence-corrected chi connectivity index (χ4v) is 2.05. The molecule has 1 unspecified atom stereocenters. The summed E-state index contributed by atoms with van der Waals surface area (Å²) in [6, 6.07) is 2.39. The molecule has 0 bridgehead atoms. The predicted molar refractivity (Wildman–Crippen MR) is 74.2 cm³/mol. The fraction of sp³-hybridized carbons (Fsp3) is 0.583. The number of anilines is 1. The van der Waals surface area contributed by atoms with E-state index in [9.17, 15) is 0 Å². The normalized spacial score (nSPS) is 12.5. The molecule has 0 aliphatic rings. The van der Waals surface area contributed by atoms with Crippen molar-refractivity contribution in [3.05, 3.63) is 21.9 Å². The van der Waals surface area contributed by atoms with Gasteiger partial charge in [-0.1, -0.05) is 37.8 Å². The monoisotopic (exact) mass is 304 g/mol. The Morgan fingerprint density at radius 3 is 2.94 bits per heavy atom. The molecule has 1 heterocycles. The average molecular weight is 306 g/mol. The van der Waals surface area contributed by atoms with E-state index >= 15 is 0 Å². The molecular formula is C12H18BrClN2. The van der Waals surface area contributed by atoms with Crippen molar-refractivity contribution in [1.82, 2.24) is 4.98 Å². The Bertz CT molecular complexity index is 331. The highest BCUT2D eigenvalue weighted by molar-refractivity contribution is 9.10. The molecule has 1 N–H and O–H groups in total. The van der Waals surface area contributed by atoms with Crippen LogP contribution in [0.15, 0.2) is 16.7 Å². The van der Waals surface area contributed by atoms with E-state index in [0.717, 1.165) is 16.6 Å². The lowest BCUT2D eigenvalue weighted by molar-refractivity contribution is 0.615. The third kappa shape index (κ3) is 4.71. The zero-order chi connectivity index (χ0) is 12.0. The van der Waals surface area contributed by atoms with Gasteiger partial charge in [-0.15, -0.1) is 0 Å². The Labute approximate surface area is 111 Å². The summed E-state index contributed by atoms with van der Waals surface area (Å²) in [5.74, 6) is 0. The summed E-state index contributed by atoms with van der Waals surface area (Å²) < 4.78 is 0.945. The highest BCUT2D eigenvalue weighted by Gasteiger charge is 2.06. The molecule has 0 aliphatic heterocycles. The highest BCUT2D eigenvalue weighted by atomic mass is 79.9. The average Bonchev–Trinajstić information content (AvgIpc) is 2.24. The van der Waals surface area contributed by atoms with Crippen molar-refractivity contribution in [3.63, 3.8) is 0 Å². The lowest BCUT2D eigenvalue weighted by atomic mass is 10.1. The number of nitrogens with zero attached hydrogens (tertiary/aromatic N) is 1. The first-order valence-electron chi connectivity index (χ1n) is 5.71. The van der Waals surface area contributed by atoms with Crippen LogP contribution in [0.4, 0.5) is 5.69 Å². The van der Waals surface area contributed by atoms with Crippen molar-refractivity contribution in [2.45, 2.75) is 45.6 Å². The molecule has 0 fully saturated rings. The Hall–Kier alpha value is -0.280. The van der Waals surface area contributed by atoms with E-state index in [1.165, 1.54) is 19.3 Å². The first kappa shape index (κ1) is 13.8. The van der Waals surface area contributed by atoms with Gasteiger partial charge in [0.25, 0.3) is 0 Å². The largest absolute Gasteiger partial charge is 0.380 e. The van der Waals surface area contributed by atoms with Gasteiger partial charge in [0.05, 0.1) is 5.69 Å². The number of unbranched alkanes of at least 4 members (excludes halogenated alkanes) is 2. The number of rotatable bonds is 6. The third-order valence-electron chi connectivity index (χ3n) is 2.45. The molecule has 1 aromatic rings. The minimum absolute atomic E-state index is 0.431. The van der Waals surface area contributed by atoms with Crippen LogP contribution in [0.25, 0.3) is 0 Å². The van der Waals surface area contributed by atoms with Gasteiger partial charge in [-0.25, -0.2) is 4.98 Å². The smallest absolute Gasteiger partial charge is 0.152 e. The van der Waals surface area contributed by atoms with Crippen LogP contribution in [0.1, 0.15) is 39.5 Å². The molecule has 0 saturated carbocycles. The first-order chi connectivity index (χ1) is 7.63. The van der Waals surface area contributed by atoms with Gasteiger partial charge in [-0.05, 0) is 35.3 Å². The zero-order valence-electron chi connectivity index (χ0n) is 9.76. The van der Waals surface area contributed by atoms with E-state index in [4.69, 9.17) is 11.6 Å². The fourth-order valence-electron chi connectivity index (χ4n) is 1.56. The quantitative estimate of drug-likeness (QED) is 0.598. The molecule has 0 amide bonds. The molecule has 0 aromatic carbocycles. The van der Waals surface area contributed by atoms with E-state index in [2.05, 4.69) is 40.1 Å². The van der Waals surface area contributed by atoms with Crippen molar-refractivity contribution in [2.24, 2.45) is 0 Å². The first-order valence-corrected chi connectivity index (χ1v) is 6.88. The second-order valence-electron chi connectivity index (χ2n) is 4.03. The van der Waals surface area contributed by atoms with Crippen molar-refractivity contribution < 1.29 is 0 Å². The molecule has 1 atom stereocenters. The summed E-state index contributed by atoms with van der Waals surface area (Å²) in [6.45, 7) is 4.39. The van der Waals surface area contributed by atoms with Crippen molar-refractivity contribution in [3.8, 4) is 0 Å². The second kappa shape index (κ2) is 7.13. The Morgan fingerprint density at radius 2 is 2.25 bits per heavy atom. The van der Waals surface area contributed by atoms with Crippen LogP contribution < -0.4 is 5.32 Å². The van der Waals surface area contributed by atoms with Gasteiger partial charge in [0.15, 0.2) is 5.15 Å². The van der Waals surface area contributed by atoms with E-state index in [1.807, 2.05) is 6.07 Å². The maximum atomic E-state index is 6.01. The van der Waals surface area contributed by atoms with Gasteiger partial charge in [-0.3, -0.25) is 0 Å². The Morgan fingerprint density at radius 1 is 1.50 bits per heavy atom. The van der Waals surface area contributed by atoms with Crippen LogP contribution in [0, 0.1) is 0 Å². The summed E-state index contributed by atoms with van der Waals surface area (Å²) in [5, 5.41) is 3.92. The number of nitrogens with one attached hydrogen (secondary N) is 1. The number of aromatic nitrogens is 1. The number of halogens is 2. The Kier molecular flexibility index (Phi) is 6.14. The second-order valence-corrected chi connectivity index (χ2v) is 5.31. The molecule has 0 aliphatic carbocycles. The summed E-state index contributed by atoms with van der Waals surface area (Å²) in [4.78, 5) is 4.08. The molecule has 0 spiro atoms. The van der Waals surface area contributed by atoms with Crippen LogP contribution in [-0.4, -0.2) is 11.0 Å². The zero-order valence-corrected chi connectivity index (χ0v) is 12.1. The van der Waals surface area contributed by atoms with Gasteiger partial charge in [-0.2, -0.15) is 0 Å². The van der Waals surface area contributed by atoms with Crippen molar-refractivity contribution in [1.29, 1.82) is 0 Å². The van der Waals surface area contributed by atoms with Crippen LogP contribution in [0.5, 0.6) is 0 Å². The lowest BCUT2D eigenvalue weighted by Crippen LogP contribution is -2.15. The SMILES string of the molecule is CCCCCC(C)Nc1cc(Br)cnc1Cl. The minimum atomic E-state index is 0.431.